The molecular formula is C16H27NO. The highest BCUT2D eigenvalue weighted by molar-refractivity contribution is 5.63. The molecule has 2 heteroatoms. The average Bonchev–Trinajstić information content (AvgIpc) is 2.17. The lowest BCUT2D eigenvalue weighted by molar-refractivity contribution is 0.446. The summed E-state index contributed by atoms with van der Waals surface area (Å²) >= 11 is 0. The van der Waals surface area contributed by atoms with Gasteiger partial charge in [0.15, 0.2) is 0 Å². The number of aromatic hydroxyl groups is 1. The SMILES string of the molecule is CCNc1cc(C(C)(C)C)cc(C(C)(C)C)c1O. The minimum absolute atomic E-state index is 0.0600. The molecule has 2 nitrogen and oxygen atoms in total. The highest BCUT2D eigenvalue weighted by atomic mass is 16.3. The predicted molar refractivity (Wildman–Crippen MR) is 79.7 cm³/mol. The molecule has 0 aliphatic heterocycles. The lowest BCUT2D eigenvalue weighted by atomic mass is 9.79. The summed E-state index contributed by atoms with van der Waals surface area (Å²) in [6.45, 7) is 15.8. The first-order chi connectivity index (χ1) is 8.07. The van der Waals surface area contributed by atoms with Crippen LogP contribution in [0, 0.1) is 0 Å². The first-order valence-electron chi connectivity index (χ1n) is 6.69. The molecule has 0 aromatic heterocycles. The molecule has 0 fully saturated rings. The summed E-state index contributed by atoms with van der Waals surface area (Å²) in [6.07, 6.45) is 0. The van der Waals surface area contributed by atoms with Gasteiger partial charge in [-0.25, -0.2) is 0 Å². The lowest BCUT2D eigenvalue weighted by Crippen LogP contribution is -2.17. The van der Waals surface area contributed by atoms with Crippen molar-refractivity contribution in [2.45, 2.75) is 59.3 Å². The Kier molecular flexibility index (Phi) is 3.99. The van der Waals surface area contributed by atoms with E-state index in [0.717, 1.165) is 17.8 Å². The maximum absolute atomic E-state index is 10.4. The normalized spacial score (nSPS) is 12.6. The van der Waals surface area contributed by atoms with Crippen molar-refractivity contribution in [3.05, 3.63) is 23.3 Å². The van der Waals surface area contributed by atoms with Crippen LogP contribution in [0.2, 0.25) is 0 Å². The van der Waals surface area contributed by atoms with E-state index in [2.05, 4.69) is 59.0 Å². The van der Waals surface area contributed by atoms with Crippen LogP contribution in [0.1, 0.15) is 59.6 Å². The van der Waals surface area contributed by atoms with Crippen molar-refractivity contribution in [2.24, 2.45) is 0 Å². The van der Waals surface area contributed by atoms with Gasteiger partial charge in [0, 0.05) is 12.1 Å². The van der Waals surface area contributed by atoms with Crippen molar-refractivity contribution in [3.63, 3.8) is 0 Å². The van der Waals surface area contributed by atoms with Crippen molar-refractivity contribution in [1.82, 2.24) is 0 Å². The number of phenolic OH excluding ortho intramolecular Hbond substituents is 1. The lowest BCUT2D eigenvalue weighted by Gasteiger charge is -2.27. The molecule has 0 bridgehead atoms. The Morgan fingerprint density at radius 2 is 1.56 bits per heavy atom. The number of anilines is 1. The third kappa shape index (κ3) is 3.18. The van der Waals surface area contributed by atoms with Gasteiger partial charge in [0.2, 0.25) is 0 Å². The first kappa shape index (κ1) is 14.9. The van der Waals surface area contributed by atoms with Crippen molar-refractivity contribution >= 4 is 5.69 Å². The number of hydrogen-bond donors (Lipinski definition) is 2. The van der Waals surface area contributed by atoms with Crippen molar-refractivity contribution in [2.75, 3.05) is 11.9 Å². The highest BCUT2D eigenvalue weighted by Gasteiger charge is 2.24. The van der Waals surface area contributed by atoms with Gasteiger partial charge in [-0.3, -0.25) is 0 Å². The molecule has 0 amide bonds. The Balaban J connectivity index is 3.47. The summed E-state index contributed by atoms with van der Waals surface area (Å²) in [6, 6.07) is 4.20. The molecule has 2 N–H and O–H groups in total. The fraction of sp³-hybridized carbons (Fsp3) is 0.625. The van der Waals surface area contributed by atoms with Gasteiger partial charge in [0.1, 0.15) is 5.75 Å². The molecule has 18 heavy (non-hydrogen) atoms. The van der Waals surface area contributed by atoms with Crippen LogP contribution in [0.5, 0.6) is 5.75 Å². The van der Waals surface area contributed by atoms with Crippen LogP contribution >= 0.6 is 0 Å². The fourth-order valence-corrected chi connectivity index (χ4v) is 1.96. The van der Waals surface area contributed by atoms with Crippen LogP contribution in [0.15, 0.2) is 12.1 Å². The Morgan fingerprint density at radius 3 is 1.94 bits per heavy atom. The predicted octanol–water partition coefficient (Wildman–Crippen LogP) is 4.42. The standard InChI is InChI=1S/C16H27NO/c1-8-17-13-10-11(15(2,3)4)9-12(14(13)18)16(5,6)7/h9-10,17-18H,8H2,1-7H3. The Labute approximate surface area is 111 Å². The van der Waals surface area contributed by atoms with E-state index >= 15 is 0 Å². The minimum atomic E-state index is -0.0600. The van der Waals surface area contributed by atoms with E-state index in [1.54, 1.807) is 0 Å². The van der Waals surface area contributed by atoms with E-state index < -0.39 is 0 Å². The largest absolute Gasteiger partial charge is 0.505 e. The second kappa shape index (κ2) is 4.83. The van der Waals surface area contributed by atoms with Crippen molar-refractivity contribution < 1.29 is 5.11 Å². The van der Waals surface area contributed by atoms with Gasteiger partial charge in [-0.1, -0.05) is 47.6 Å². The van der Waals surface area contributed by atoms with Crippen LogP contribution < -0.4 is 5.32 Å². The molecule has 0 saturated heterocycles. The smallest absolute Gasteiger partial charge is 0.142 e. The number of nitrogens with one attached hydrogen (secondary N) is 1. The van der Waals surface area contributed by atoms with E-state index in [0.29, 0.717) is 5.75 Å². The molecule has 1 aromatic rings. The van der Waals surface area contributed by atoms with E-state index in [4.69, 9.17) is 0 Å². The first-order valence-corrected chi connectivity index (χ1v) is 6.69. The van der Waals surface area contributed by atoms with Gasteiger partial charge in [-0.2, -0.15) is 0 Å². The zero-order valence-electron chi connectivity index (χ0n) is 12.8. The van der Waals surface area contributed by atoms with E-state index in [1.165, 1.54) is 5.56 Å². The molecule has 0 atom stereocenters. The van der Waals surface area contributed by atoms with Crippen LogP contribution in [-0.2, 0) is 10.8 Å². The molecule has 102 valence electrons. The second-order valence-corrected chi connectivity index (χ2v) is 6.95. The monoisotopic (exact) mass is 249 g/mol. The van der Waals surface area contributed by atoms with Gasteiger partial charge < -0.3 is 10.4 Å². The molecular weight excluding hydrogens is 222 g/mol. The van der Waals surface area contributed by atoms with E-state index in [-0.39, 0.29) is 10.8 Å². The third-order valence-corrected chi connectivity index (χ3v) is 3.15. The number of hydrogen-bond acceptors (Lipinski definition) is 2. The van der Waals surface area contributed by atoms with Gasteiger partial charge in [0.05, 0.1) is 5.69 Å². The van der Waals surface area contributed by atoms with Crippen LogP contribution in [0.3, 0.4) is 0 Å². The summed E-state index contributed by atoms with van der Waals surface area (Å²) in [5, 5.41) is 13.6. The molecule has 0 saturated carbocycles. The third-order valence-electron chi connectivity index (χ3n) is 3.15. The highest BCUT2D eigenvalue weighted by Crippen LogP contribution is 2.40. The van der Waals surface area contributed by atoms with E-state index in [1.807, 2.05) is 6.92 Å². The second-order valence-electron chi connectivity index (χ2n) is 6.95. The van der Waals surface area contributed by atoms with E-state index in [9.17, 15) is 5.11 Å². The Morgan fingerprint density at radius 1 is 1.00 bits per heavy atom. The number of rotatable bonds is 2. The quantitative estimate of drug-likeness (QED) is 0.760. The summed E-state index contributed by atoms with van der Waals surface area (Å²) < 4.78 is 0. The van der Waals surface area contributed by atoms with Crippen LogP contribution in [0.25, 0.3) is 0 Å². The summed E-state index contributed by atoms with van der Waals surface area (Å²) in [4.78, 5) is 0. The van der Waals surface area contributed by atoms with Gasteiger partial charge in [-0.15, -0.1) is 0 Å². The maximum atomic E-state index is 10.4. The molecule has 0 heterocycles. The molecule has 0 aliphatic carbocycles. The van der Waals surface area contributed by atoms with Crippen LogP contribution in [-0.4, -0.2) is 11.7 Å². The molecule has 1 aromatic carbocycles. The zero-order chi connectivity index (χ0) is 14.1. The van der Waals surface area contributed by atoms with Crippen LogP contribution in [0.4, 0.5) is 5.69 Å². The van der Waals surface area contributed by atoms with Gasteiger partial charge >= 0.3 is 0 Å². The number of phenols is 1. The summed E-state index contributed by atoms with van der Waals surface area (Å²) in [7, 11) is 0. The molecule has 0 radical (unpaired) electrons. The van der Waals surface area contributed by atoms with Crippen molar-refractivity contribution in [1.29, 1.82) is 0 Å². The summed E-state index contributed by atoms with van der Waals surface area (Å²) in [5.74, 6) is 0.386. The van der Waals surface area contributed by atoms with Gasteiger partial charge in [0.25, 0.3) is 0 Å². The van der Waals surface area contributed by atoms with Gasteiger partial charge in [-0.05, 0) is 29.4 Å². The minimum Gasteiger partial charge on any atom is -0.505 e. The molecule has 0 aliphatic rings. The molecule has 1 rings (SSSR count). The molecule has 0 spiro atoms. The topological polar surface area (TPSA) is 32.3 Å². The summed E-state index contributed by atoms with van der Waals surface area (Å²) in [5.41, 5.74) is 3.12. The van der Waals surface area contributed by atoms with Crippen molar-refractivity contribution in [3.8, 4) is 5.75 Å². The Hall–Kier alpha value is -1.18. The maximum Gasteiger partial charge on any atom is 0.142 e. The Bertz CT molecular complexity index is 422. The number of benzene rings is 1. The molecule has 0 unspecified atom stereocenters. The fourth-order valence-electron chi connectivity index (χ4n) is 1.96. The zero-order valence-corrected chi connectivity index (χ0v) is 12.8. The average molecular weight is 249 g/mol.